The predicted octanol–water partition coefficient (Wildman–Crippen LogP) is 2.96. The Hall–Kier alpha value is -2.76. The van der Waals surface area contributed by atoms with Crippen molar-refractivity contribution < 1.29 is 23.5 Å². The number of nitrogens with one attached hydrogen (secondary N) is 1. The first kappa shape index (κ1) is 18.6. The third-order valence-corrected chi connectivity index (χ3v) is 3.87. The van der Waals surface area contributed by atoms with Crippen LogP contribution in [0.5, 0.6) is 0 Å². The number of hydrogen-bond acceptors (Lipinski definition) is 2. The van der Waals surface area contributed by atoms with Gasteiger partial charge in [0.15, 0.2) is 11.6 Å². The molecule has 1 amide bonds. The number of carbonyl (C=O) groups is 2. The van der Waals surface area contributed by atoms with Crippen LogP contribution >= 0.6 is 0 Å². The van der Waals surface area contributed by atoms with Crippen LogP contribution in [0, 0.1) is 17.6 Å². The molecule has 0 spiro atoms. The average molecular weight is 347 g/mol. The van der Waals surface area contributed by atoms with E-state index in [1.165, 1.54) is 12.1 Å². The van der Waals surface area contributed by atoms with Gasteiger partial charge in [-0.25, -0.2) is 8.78 Å². The van der Waals surface area contributed by atoms with Crippen molar-refractivity contribution in [3.8, 4) is 0 Å². The molecule has 1 unspecified atom stereocenters. The Labute approximate surface area is 144 Å². The van der Waals surface area contributed by atoms with Gasteiger partial charge in [0.1, 0.15) is 0 Å². The molecule has 0 aliphatic rings. The van der Waals surface area contributed by atoms with E-state index in [0.29, 0.717) is 6.42 Å². The molecule has 0 aliphatic heterocycles. The fourth-order valence-corrected chi connectivity index (χ4v) is 2.46. The standard InChI is InChI=1S/C19H19F2NO3/c20-16-8-4-7-14(18(16)21)9-10-17(23)22-12-15(19(24)25)11-13-5-2-1-3-6-13/h1-8,15H,9-12H2,(H,22,23)(H,24,25). The number of carboxylic acids is 1. The summed E-state index contributed by atoms with van der Waals surface area (Å²) in [4.78, 5) is 23.2. The van der Waals surface area contributed by atoms with Crippen molar-refractivity contribution in [3.63, 3.8) is 0 Å². The van der Waals surface area contributed by atoms with Crippen molar-refractivity contribution in [3.05, 3.63) is 71.3 Å². The molecule has 0 aromatic heterocycles. The first-order valence-electron chi connectivity index (χ1n) is 7.93. The van der Waals surface area contributed by atoms with Gasteiger partial charge in [0, 0.05) is 13.0 Å². The molecule has 0 fully saturated rings. The summed E-state index contributed by atoms with van der Waals surface area (Å²) < 4.78 is 26.6. The van der Waals surface area contributed by atoms with Gasteiger partial charge in [0.25, 0.3) is 0 Å². The van der Waals surface area contributed by atoms with Crippen LogP contribution < -0.4 is 5.32 Å². The summed E-state index contributed by atoms with van der Waals surface area (Å²) in [5.41, 5.74) is 0.986. The van der Waals surface area contributed by atoms with E-state index in [-0.39, 0.29) is 24.9 Å². The Morgan fingerprint density at radius 3 is 2.44 bits per heavy atom. The van der Waals surface area contributed by atoms with Crippen LogP contribution in [0.4, 0.5) is 8.78 Å². The van der Waals surface area contributed by atoms with Crippen molar-refractivity contribution in [1.29, 1.82) is 0 Å². The highest BCUT2D eigenvalue weighted by Crippen LogP contribution is 2.13. The van der Waals surface area contributed by atoms with E-state index in [9.17, 15) is 23.5 Å². The number of benzene rings is 2. The zero-order chi connectivity index (χ0) is 18.2. The molecule has 25 heavy (non-hydrogen) atoms. The highest BCUT2D eigenvalue weighted by atomic mass is 19.2. The van der Waals surface area contributed by atoms with Crippen LogP contribution in [0.25, 0.3) is 0 Å². The van der Waals surface area contributed by atoms with Gasteiger partial charge in [-0.1, -0.05) is 42.5 Å². The lowest BCUT2D eigenvalue weighted by atomic mass is 9.99. The second-order valence-corrected chi connectivity index (χ2v) is 5.74. The van der Waals surface area contributed by atoms with Gasteiger partial charge < -0.3 is 10.4 Å². The number of aliphatic carboxylic acids is 1. The Morgan fingerprint density at radius 1 is 1.04 bits per heavy atom. The fraction of sp³-hybridized carbons (Fsp3) is 0.263. The van der Waals surface area contributed by atoms with Crippen LogP contribution in [0.15, 0.2) is 48.5 Å². The Morgan fingerprint density at radius 2 is 1.76 bits per heavy atom. The van der Waals surface area contributed by atoms with E-state index < -0.39 is 29.4 Å². The van der Waals surface area contributed by atoms with E-state index in [1.807, 2.05) is 30.3 Å². The van der Waals surface area contributed by atoms with Crippen molar-refractivity contribution in [1.82, 2.24) is 5.32 Å². The minimum Gasteiger partial charge on any atom is -0.481 e. The van der Waals surface area contributed by atoms with Gasteiger partial charge in [0.2, 0.25) is 5.91 Å². The predicted molar refractivity (Wildman–Crippen MR) is 89.0 cm³/mol. The lowest BCUT2D eigenvalue weighted by molar-refractivity contribution is -0.141. The van der Waals surface area contributed by atoms with Crippen molar-refractivity contribution in [2.45, 2.75) is 19.3 Å². The molecule has 2 aromatic carbocycles. The number of carbonyl (C=O) groups excluding carboxylic acids is 1. The minimum atomic E-state index is -1.000. The molecule has 132 valence electrons. The summed E-state index contributed by atoms with van der Waals surface area (Å²) in [5.74, 6) is -4.06. The minimum absolute atomic E-state index is 0.0192. The van der Waals surface area contributed by atoms with Gasteiger partial charge in [-0.3, -0.25) is 9.59 Å². The Bertz CT molecular complexity index is 735. The maximum atomic E-state index is 13.5. The molecule has 2 N–H and O–H groups in total. The number of halogens is 2. The molecule has 0 radical (unpaired) electrons. The smallest absolute Gasteiger partial charge is 0.308 e. The third-order valence-electron chi connectivity index (χ3n) is 3.87. The van der Waals surface area contributed by atoms with E-state index >= 15 is 0 Å². The molecular weight excluding hydrogens is 328 g/mol. The number of amides is 1. The molecule has 1 atom stereocenters. The fourth-order valence-electron chi connectivity index (χ4n) is 2.46. The van der Waals surface area contributed by atoms with Gasteiger partial charge in [-0.05, 0) is 30.0 Å². The van der Waals surface area contributed by atoms with Crippen LogP contribution in [-0.2, 0) is 22.4 Å². The van der Waals surface area contributed by atoms with Crippen molar-refractivity contribution in [2.24, 2.45) is 5.92 Å². The average Bonchev–Trinajstić information content (AvgIpc) is 2.60. The zero-order valence-electron chi connectivity index (χ0n) is 13.5. The molecule has 2 aromatic rings. The summed E-state index contributed by atoms with van der Waals surface area (Å²) in [6.45, 7) is -0.0192. The summed E-state index contributed by atoms with van der Waals surface area (Å²) in [5, 5.41) is 11.8. The maximum Gasteiger partial charge on any atom is 0.308 e. The van der Waals surface area contributed by atoms with Crippen molar-refractivity contribution in [2.75, 3.05) is 6.54 Å². The second kappa shape index (κ2) is 8.92. The van der Waals surface area contributed by atoms with Gasteiger partial charge >= 0.3 is 5.97 Å². The topological polar surface area (TPSA) is 66.4 Å². The van der Waals surface area contributed by atoms with Crippen molar-refractivity contribution >= 4 is 11.9 Å². The normalized spacial score (nSPS) is 11.8. The number of carboxylic acid groups (broad SMARTS) is 1. The quantitative estimate of drug-likeness (QED) is 0.772. The van der Waals surface area contributed by atoms with E-state index in [4.69, 9.17) is 0 Å². The number of aryl methyl sites for hydroxylation is 1. The Kier molecular flexibility index (Phi) is 6.62. The van der Waals surface area contributed by atoms with Crippen LogP contribution in [0.2, 0.25) is 0 Å². The van der Waals surface area contributed by atoms with Crippen LogP contribution in [0.1, 0.15) is 17.5 Å². The third kappa shape index (κ3) is 5.67. The van der Waals surface area contributed by atoms with Gasteiger partial charge in [-0.2, -0.15) is 0 Å². The maximum absolute atomic E-state index is 13.5. The molecule has 0 saturated carbocycles. The molecule has 0 aliphatic carbocycles. The van der Waals surface area contributed by atoms with Gasteiger partial charge in [0.05, 0.1) is 5.92 Å². The SMILES string of the molecule is O=C(CCc1cccc(F)c1F)NCC(Cc1ccccc1)C(=O)O. The lowest BCUT2D eigenvalue weighted by Gasteiger charge is -2.13. The largest absolute Gasteiger partial charge is 0.481 e. The summed E-state index contributed by atoms with van der Waals surface area (Å²) >= 11 is 0. The van der Waals surface area contributed by atoms with Crippen LogP contribution in [-0.4, -0.2) is 23.5 Å². The van der Waals surface area contributed by atoms with Crippen LogP contribution in [0.3, 0.4) is 0 Å². The molecule has 0 heterocycles. The first-order chi connectivity index (χ1) is 12.0. The molecule has 2 rings (SSSR count). The Balaban J connectivity index is 1.84. The first-order valence-corrected chi connectivity index (χ1v) is 7.93. The summed E-state index contributed by atoms with van der Waals surface area (Å²) in [7, 11) is 0. The second-order valence-electron chi connectivity index (χ2n) is 5.74. The molecular formula is C19H19F2NO3. The highest BCUT2D eigenvalue weighted by Gasteiger charge is 2.19. The molecule has 6 heteroatoms. The number of rotatable bonds is 8. The van der Waals surface area contributed by atoms with E-state index in [0.717, 1.165) is 11.6 Å². The van der Waals surface area contributed by atoms with E-state index in [1.54, 1.807) is 0 Å². The number of hydrogen-bond donors (Lipinski definition) is 2. The monoisotopic (exact) mass is 347 g/mol. The zero-order valence-corrected chi connectivity index (χ0v) is 13.5. The van der Waals surface area contributed by atoms with Gasteiger partial charge in [-0.15, -0.1) is 0 Å². The molecule has 0 bridgehead atoms. The highest BCUT2D eigenvalue weighted by molar-refractivity contribution is 5.77. The molecule has 4 nitrogen and oxygen atoms in total. The summed E-state index contributed by atoms with van der Waals surface area (Å²) in [6, 6.07) is 12.9. The van der Waals surface area contributed by atoms with E-state index in [2.05, 4.69) is 5.32 Å². The molecule has 0 saturated heterocycles. The lowest BCUT2D eigenvalue weighted by Crippen LogP contribution is -2.34. The summed E-state index contributed by atoms with van der Waals surface area (Å²) in [6.07, 6.45) is 0.304.